The zero-order valence-corrected chi connectivity index (χ0v) is 18.9. The molecule has 2 rings (SSSR count). The molecular formula is C16H26BrN2NaSi. The second-order valence-electron chi connectivity index (χ2n) is 6.57. The van der Waals surface area contributed by atoms with Crippen LogP contribution < -0.4 is 29.6 Å². The normalized spacial score (nSPS) is 12.5. The smallest absolute Gasteiger partial charge is 1.00 e. The number of halogens is 1. The van der Waals surface area contributed by atoms with E-state index in [0.29, 0.717) is 16.6 Å². The van der Waals surface area contributed by atoms with E-state index in [2.05, 4.69) is 79.0 Å². The number of pyridine rings is 1. The molecule has 0 amide bonds. The molecule has 2 aromatic heterocycles. The molecule has 2 nitrogen and oxygen atoms in total. The number of hydrogen-bond donors (Lipinski definition) is 0. The summed E-state index contributed by atoms with van der Waals surface area (Å²) in [5.41, 5.74) is 3.18. The largest absolute Gasteiger partial charge is 1.00 e. The first-order chi connectivity index (χ1) is 9.33. The molecule has 21 heavy (non-hydrogen) atoms. The number of aromatic nitrogens is 2. The molecule has 0 N–H and O–H groups in total. The van der Waals surface area contributed by atoms with Crippen LogP contribution in [0, 0.1) is 0 Å². The molecule has 0 aliphatic carbocycles. The standard InChI is InChI=1S/C16H25BrN2Si.Na.H/c1-11(2)20(12(3)4,13(5)6)19-10-8-14-15(17)7-9-18-16(14)19;;/h7-13H,1-6H3;;/q;+1;-1. The molecule has 0 aromatic carbocycles. The summed E-state index contributed by atoms with van der Waals surface area (Å²) in [4.78, 5) is 4.68. The molecule has 0 fully saturated rings. The monoisotopic (exact) mass is 376 g/mol. The number of rotatable bonds is 4. The Morgan fingerprint density at radius 3 is 2.05 bits per heavy atom. The predicted molar refractivity (Wildman–Crippen MR) is 95.0 cm³/mol. The topological polar surface area (TPSA) is 17.8 Å². The van der Waals surface area contributed by atoms with E-state index in [1.54, 1.807) is 0 Å². The van der Waals surface area contributed by atoms with Gasteiger partial charge in [-0.15, -0.1) is 0 Å². The van der Waals surface area contributed by atoms with Gasteiger partial charge in [0.1, 0.15) is 5.65 Å². The van der Waals surface area contributed by atoms with Crippen LogP contribution in [0.25, 0.3) is 11.0 Å². The van der Waals surface area contributed by atoms with Gasteiger partial charge in [0.15, 0.2) is 8.24 Å². The molecule has 0 radical (unpaired) electrons. The SMILES string of the molecule is CC(C)[Si](C(C)C)(C(C)C)n1ccc2c(Br)ccnc21.[H-].[Na+]. The summed E-state index contributed by atoms with van der Waals surface area (Å²) in [5.74, 6) is 0. The van der Waals surface area contributed by atoms with Crippen molar-refractivity contribution in [3.8, 4) is 0 Å². The summed E-state index contributed by atoms with van der Waals surface area (Å²) >= 11 is 3.65. The molecule has 0 unspecified atom stereocenters. The van der Waals surface area contributed by atoms with E-state index in [9.17, 15) is 0 Å². The Kier molecular flexibility index (Phi) is 6.76. The average molecular weight is 377 g/mol. The van der Waals surface area contributed by atoms with E-state index in [-0.39, 0.29) is 31.0 Å². The molecule has 5 heteroatoms. The van der Waals surface area contributed by atoms with Gasteiger partial charge in [0.25, 0.3) is 0 Å². The summed E-state index contributed by atoms with van der Waals surface area (Å²) in [6.45, 7) is 14.3. The molecule has 0 atom stereocenters. The minimum atomic E-state index is -1.71. The first kappa shape index (κ1) is 19.4. The Balaban J connectivity index is 0.00000220. The molecule has 0 spiro atoms. The Labute approximate surface area is 161 Å². The van der Waals surface area contributed by atoms with E-state index in [4.69, 9.17) is 0 Å². The van der Waals surface area contributed by atoms with E-state index < -0.39 is 8.24 Å². The van der Waals surface area contributed by atoms with E-state index in [1.165, 1.54) is 5.39 Å². The van der Waals surface area contributed by atoms with Crippen molar-refractivity contribution in [1.82, 2.24) is 9.22 Å². The van der Waals surface area contributed by atoms with Crippen molar-refractivity contribution in [3.63, 3.8) is 0 Å². The summed E-state index contributed by atoms with van der Waals surface area (Å²) in [6, 6.07) is 4.23. The van der Waals surface area contributed by atoms with Gasteiger partial charge in [-0.05, 0) is 50.9 Å². The molecular weight excluding hydrogens is 351 g/mol. The van der Waals surface area contributed by atoms with E-state index >= 15 is 0 Å². The van der Waals surface area contributed by atoms with Crippen molar-refractivity contribution in [1.29, 1.82) is 0 Å². The van der Waals surface area contributed by atoms with Crippen molar-refractivity contribution in [2.45, 2.75) is 58.2 Å². The maximum atomic E-state index is 4.68. The van der Waals surface area contributed by atoms with Gasteiger partial charge in [-0.25, -0.2) is 4.98 Å². The van der Waals surface area contributed by atoms with Crippen LogP contribution >= 0.6 is 15.9 Å². The molecule has 0 aliphatic rings. The van der Waals surface area contributed by atoms with Crippen LogP contribution in [0.2, 0.25) is 16.6 Å². The molecule has 0 saturated carbocycles. The minimum absolute atomic E-state index is 0. The number of hydrogen-bond acceptors (Lipinski definition) is 1. The van der Waals surface area contributed by atoms with Crippen molar-refractivity contribution in [2.75, 3.05) is 0 Å². The average Bonchev–Trinajstić information content (AvgIpc) is 2.74. The number of nitrogens with zero attached hydrogens (tertiary/aromatic N) is 2. The van der Waals surface area contributed by atoms with E-state index in [1.807, 2.05) is 12.3 Å². The van der Waals surface area contributed by atoms with Crippen molar-refractivity contribution in [2.24, 2.45) is 0 Å². The Bertz CT molecular complexity index is 591. The summed E-state index contributed by atoms with van der Waals surface area (Å²) in [5, 5.41) is 1.23. The molecule has 112 valence electrons. The summed E-state index contributed by atoms with van der Waals surface area (Å²) in [6.07, 6.45) is 4.18. The van der Waals surface area contributed by atoms with Crippen molar-refractivity contribution < 1.29 is 31.0 Å². The summed E-state index contributed by atoms with van der Waals surface area (Å²) in [7, 11) is -1.71. The first-order valence-electron chi connectivity index (χ1n) is 7.45. The second kappa shape index (κ2) is 7.31. The Hall–Kier alpha value is 0.387. The van der Waals surface area contributed by atoms with Gasteiger partial charge in [-0.1, -0.05) is 41.5 Å². The maximum absolute atomic E-state index is 4.68. The van der Waals surface area contributed by atoms with E-state index in [0.717, 1.165) is 10.1 Å². The zero-order valence-electron chi connectivity index (χ0n) is 15.3. The van der Waals surface area contributed by atoms with Crippen LogP contribution in [-0.4, -0.2) is 17.5 Å². The van der Waals surface area contributed by atoms with Crippen LogP contribution in [0.1, 0.15) is 43.0 Å². The van der Waals surface area contributed by atoms with Gasteiger partial charge < -0.3 is 5.66 Å². The fourth-order valence-electron chi connectivity index (χ4n) is 4.15. The zero-order chi connectivity index (χ0) is 15.1. The van der Waals surface area contributed by atoms with Gasteiger partial charge in [0.05, 0.1) is 0 Å². The molecule has 2 heterocycles. The third-order valence-corrected chi connectivity index (χ3v) is 12.2. The maximum Gasteiger partial charge on any atom is 1.00 e. The molecule has 0 saturated heterocycles. The predicted octanol–water partition coefficient (Wildman–Crippen LogP) is 2.94. The van der Waals surface area contributed by atoms with Gasteiger partial charge in [-0.2, -0.15) is 0 Å². The first-order valence-corrected chi connectivity index (χ1v) is 10.4. The molecule has 2 aromatic rings. The van der Waals surface area contributed by atoms with Gasteiger partial charge >= 0.3 is 29.6 Å². The quantitative estimate of drug-likeness (QED) is 0.750. The van der Waals surface area contributed by atoms with Crippen LogP contribution in [0.3, 0.4) is 0 Å². The van der Waals surface area contributed by atoms with Crippen LogP contribution in [0.15, 0.2) is 29.0 Å². The third-order valence-electron chi connectivity index (χ3n) is 4.73. The van der Waals surface area contributed by atoms with Crippen molar-refractivity contribution >= 4 is 35.2 Å². The van der Waals surface area contributed by atoms with Crippen molar-refractivity contribution in [3.05, 3.63) is 29.0 Å². The number of fused-ring (bicyclic) bond motifs is 1. The fourth-order valence-corrected chi connectivity index (χ4v) is 11.1. The second-order valence-corrected chi connectivity index (χ2v) is 13.1. The molecule has 0 aliphatic heterocycles. The fraction of sp³-hybridized carbons (Fsp3) is 0.562. The van der Waals surface area contributed by atoms with Crippen LogP contribution in [0.5, 0.6) is 0 Å². The van der Waals surface area contributed by atoms with Gasteiger partial charge in [0.2, 0.25) is 0 Å². The summed E-state index contributed by atoms with van der Waals surface area (Å²) < 4.78 is 3.69. The third kappa shape index (κ3) is 3.07. The van der Waals surface area contributed by atoms with Gasteiger partial charge in [-0.3, -0.25) is 0 Å². The Morgan fingerprint density at radius 1 is 1.05 bits per heavy atom. The van der Waals surface area contributed by atoms with Crippen LogP contribution in [-0.2, 0) is 0 Å². The molecule has 0 bridgehead atoms. The van der Waals surface area contributed by atoms with Gasteiger partial charge in [0, 0.05) is 16.1 Å². The van der Waals surface area contributed by atoms with Crippen LogP contribution in [0.4, 0.5) is 0 Å². The minimum Gasteiger partial charge on any atom is -1.00 e. The Morgan fingerprint density at radius 2 is 1.57 bits per heavy atom.